The molecule has 2 aliphatic rings. The lowest BCUT2D eigenvalue weighted by molar-refractivity contribution is 0.0185. The van der Waals surface area contributed by atoms with Gasteiger partial charge in [0.15, 0.2) is 0 Å². The number of fused-ring (bicyclic) bond motifs is 1. The second-order valence-electron chi connectivity index (χ2n) is 3.24. The summed E-state index contributed by atoms with van der Waals surface area (Å²) >= 11 is 0. The Morgan fingerprint density at radius 2 is 2.56 bits per heavy atom. The van der Waals surface area contributed by atoms with Gasteiger partial charge in [-0.15, -0.1) is 0 Å². The third-order valence-corrected chi connectivity index (χ3v) is 2.26. The lowest BCUT2D eigenvalue weighted by Crippen LogP contribution is -2.27. The molecule has 0 aromatic carbocycles. The summed E-state index contributed by atoms with van der Waals surface area (Å²) < 4.78 is 26.8. The highest BCUT2D eigenvalue weighted by atomic mass is 16.6. The zero-order chi connectivity index (χ0) is 9.20. The number of rotatable bonds is 0. The van der Waals surface area contributed by atoms with Gasteiger partial charge in [-0.3, -0.25) is 0 Å². The fourth-order valence-corrected chi connectivity index (χ4v) is 1.57. The van der Waals surface area contributed by atoms with Gasteiger partial charge in [-0.1, -0.05) is 0 Å². The van der Waals surface area contributed by atoms with Gasteiger partial charge in [-0.2, -0.15) is 0 Å². The van der Waals surface area contributed by atoms with Crippen molar-refractivity contribution in [3.05, 3.63) is 0 Å². The van der Waals surface area contributed by atoms with Gasteiger partial charge < -0.3 is 9.84 Å². The minimum atomic E-state index is -2.09. The van der Waals surface area contributed by atoms with Crippen LogP contribution < -0.4 is 0 Å². The average Bonchev–Trinajstić information content (AvgIpc) is 2.52. The molecule has 0 spiro atoms. The van der Waals surface area contributed by atoms with E-state index < -0.39 is 24.2 Å². The Balaban J connectivity index is 2.23. The monoisotopic (exact) mass is 131 g/mol. The van der Waals surface area contributed by atoms with Crippen LogP contribution in [0, 0.1) is 0 Å². The summed E-state index contributed by atoms with van der Waals surface area (Å²) in [6.07, 6.45) is 0.495. The van der Waals surface area contributed by atoms with E-state index in [1.807, 2.05) is 0 Å². The first-order chi connectivity index (χ1) is 5.30. The third-order valence-electron chi connectivity index (χ3n) is 2.26. The number of hydrogen-bond donors (Lipinski definition) is 1. The van der Waals surface area contributed by atoms with E-state index in [1.54, 1.807) is 6.92 Å². The first-order valence-corrected chi connectivity index (χ1v) is 3.20. The van der Waals surface area contributed by atoms with Crippen molar-refractivity contribution in [3.63, 3.8) is 0 Å². The SMILES string of the molecule is [2H]C([2H])([2H])[C@]12CC[C@@](C)(O)[C@H]1O2. The van der Waals surface area contributed by atoms with E-state index in [0.717, 1.165) is 0 Å². The first-order valence-electron chi connectivity index (χ1n) is 4.70. The lowest BCUT2D eigenvalue weighted by Gasteiger charge is -2.14. The number of aliphatic hydroxyl groups is 1. The molecule has 2 heteroatoms. The zero-order valence-corrected chi connectivity index (χ0v) is 5.35. The molecule has 0 aromatic rings. The Labute approximate surface area is 59.0 Å². The van der Waals surface area contributed by atoms with E-state index in [-0.39, 0.29) is 0 Å². The van der Waals surface area contributed by atoms with Crippen LogP contribution in [0.3, 0.4) is 0 Å². The highest BCUT2D eigenvalue weighted by Crippen LogP contribution is 2.54. The minimum Gasteiger partial charge on any atom is -0.387 e. The summed E-state index contributed by atoms with van der Waals surface area (Å²) in [5.41, 5.74) is -1.95. The van der Waals surface area contributed by atoms with E-state index in [0.29, 0.717) is 12.8 Å². The summed E-state index contributed by atoms with van der Waals surface area (Å²) in [5.74, 6) is 0. The Kier molecular flexibility index (Phi) is 0.440. The van der Waals surface area contributed by atoms with E-state index >= 15 is 0 Å². The van der Waals surface area contributed by atoms with Crippen molar-refractivity contribution in [2.45, 2.75) is 43.9 Å². The molecule has 52 valence electrons. The summed E-state index contributed by atoms with van der Waals surface area (Å²) in [6.45, 7) is -0.448. The van der Waals surface area contributed by atoms with Gasteiger partial charge in [0.2, 0.25) is 0 Å². The smallest absolute Gasteiger partial charge is 0.115 e. The van der Waals surface area contributed by atoms with Gasteiger partial charge in [-0.05, 0) is 26.6 Å². The molecule has 9 heavy (non-hydrogen) atoms. The molecular weight excluding hydrogens is 116 g/mol. The first kappa shape index (κ1) is 3.35. The summed E-state index contributed by atoms with van der Waals surface area (Å²) in [7, 11) is 0. The Bertz CT molecular complexity index is 223. The topological polar surface area (TPSA) is 32.8 Å². The molecule has 0 radical (unpaired) electrons. The maximum atomic E-state index is 9.66. The highest BCUT2D eigenvalue weighted by Gasteiger charge is 2.65. The van der Waals surface area contributed by atoms with E-state index in [4.69, 9.17) is 8.85 Å². The predicted molar refractivity (Wildman–Crippen MR) is 33.1 cm³/mol. The van der Waals surface area contributed by atoms with Gasteiger partial charge in [0.05, 0.1) is 11.2 Å². The number of epoxide rings is 1. The van der Waals surface area contributed by atoms with Gasteiger partial charge in [-0.25, -0.2) is 0 Å². The largest absolute Gasteiger partial charge is 0.387 e. The highest BCUT2D eigenvalue weighted by molar-refractivity contribution is 5.14. The molecule has 2 fully saturated rings. The zero-order valence-electron chi connectivity index (χ0n) is 8.35. The van der Waals surface area contributed by atoms with Crippen LogP contribution >= 0.6 is 0 Å². The van der Waals surface area contributed by atoms with Crippen molar-refractivity contribution in [1.29, 1.82) is 0 Å². The molecule has 0 amide bonds. The van der Waals surface area contributed by atoms with Gasteiger partial charge in [0, 0.05) is 4.11 Å². The van der Waals surface area contributed by atoms with E-state index in [9.17, 15) is 5.11 Å². The number of ether oxygens (including phenoxy) is 1. The van der Waals surface area contributed by atoms with E-state index in [1.165, 1.54) is 0 Å². The van der Waals surface area contributed by atoms with Crippen molar-refractivity contribution >= 4 is 0 Å². The molecule has 1 saturated carbocycles. The standard InChI is InChI=1S/C7H12O2/c1-6(8)3-4-7(2)5(6)9-7/h5,8H,3-4H2,1-2H3/t5-,6-,7+/m1/s1/i2D3. The van der Waals surface area contributed by atoms with Crippen molar-refractivity contribution < 1.29 is 14.0 Å². The maximum Gasteiger partial charge on any atom is 0.115 e. The molecule has 2 rings (SSSR count). The average molecular weight is 131 g/mol. The van der Waals surface area contributed by atoms with Crippen LogP contribution in [0.25, 0.3) is 0 Å². The normalized spacial score (nSPS) is 70.0. The molecule has 1 N–H and O–H groups in total. The molecule has 1 aliphatic heterocycles. The van der Waals surface area contributed by atoms with Crippen molar-refractivity contribution in [1.82, 2.24) is 0 Å². The van der Waals surface area contributed by atoms with Gasteiger partial charge >= 0.3 is 0 Å². The molecule has 0 aromatic heterocycles. The lowest BCUT2D eigenvalue weighted by atomic mass is 10.0. The van der Waals surface area contributed by atoms with Crippen LogP contribution in [0.15, 0.2) is 0 Å². The fourth-order valence-electron chi connectivity index (χ4n) is 1.57. The maximum absolute atomic E-state index is 9.66. The summed E-state index contributed by atoms with van der Waals surface area (Å²) in [6, 6.07) is 0. The molecule has 3 atom stereocenters. The Morgan fingerprint density at radius 3 is 2.78 bits per heavy atom. The van der Waals surface area contributed by atoms with Crippen LogP contribution in [0.1, 0.15) is 30.7 Å². The van der Waals surface area contributed by atoms with Crippen LogP contribution in [-0.4, -0.2) is 22.4 Å². The molecule has 1 saturated heterocycles. The van der Waals surface area contributed by atoms with Gasteiger partial charge in [0.1, 0.15) is 6.10 Å². The molecular formula is C7H12O2. The second kappa shape index (κ2) is 1.18. The summed E-state index contributed by atoms with van der Waals surface area (Å²) in [5, 5.41) is 9.66. The van der Waals surface area contributed by atoms with Crippen LogP contribution in [0.4, 0.5) is 0 Å². The van der Waals surface area contributed by atoms with Crippen molar-refractivity contribution in [2.75, 3.05) is 0 Å². The summed E-state index contributed by atoms with van der Waals surface area (Å²) in [4.78, 5) is 0. The molecule has 0 unspecified atom stereocenters. The van der Waals surface area contributed by atoms with Crippen LogP contribution in [-0.2, 0) is 4.74 Å². The minimum absolute atomic E-state index is 0.446. The van der Waals surface area contributed by atoms with Crippen molar-refractivity contribution in [2.24, 2.45) is 0 Å². The third kappa shape index (κ3) is 0.578. The van der Waals surface area contributed by atoms with Gasteiger partial charge in [0.25, 0.3) is 0 Å². The number of hydrogen-bond acceptors (Lipinski definition) is 2. The molecule has 1 aliphatic carbocycles. The Hall–Kier alpha value is -0.0800. The van der Waals surface area contributed by atoms with Crippen LogP contribution in [0.5, 0.6) is 0 Å². The quantitative estimate of drug-likeness (QED) is 0.490. The molecule has 0 bridgehead atoms. The van der Waals surface area contributed by atoms with E-state index in [2.05, 4.69) is 0 Å². The molecule has 2 nitrogen and oxygen atoms in total. The Morgan fingerprint density at radius 1 is 1.78 bits per heavy atom. The fraction of sp³-hybridized carbons (Fsp3) is 1.00. The second-order valence-corrected chi connectivity index (χ2v) is 3.24. The van der Waals surface area contributed by atoms with Crippen LogP contribution in [0.2, 0.25) is 0 Å². The molecule has 1 heterocycles. The van der Waals surface area contributed by atoms with Crippen molar-refractivity contribution in [3.8, 4) is 0 Å². The predicted octanol–water partition coefficient (Wildman–Crippen LogP) is 0.689.